The summed E-state index contributed by atoms with van der Waals surface area (Å²) >= 11 is 3.26. The maximum atomic E-state index is 13.6. The minimum absolute atomic E-state index is 0.0449. The number of alkyl halides is 3. The summed E-state index contributed by atoms with van der Waals surface area (Å²) in [5.41, 5.74) is 5.29. The number of likely N-dealkylation sites (tertiary alicyclic amines) is 1. The molecule has 3 N–H and O–H groups in total. The molecule has 2 amide bonds. The molecule has 2 fully saturated rings. The molecule has 37 heavy (non-hydrogen) atoms. The van der Waals surface area contributed by atoms with E-state index in [1.165, 1.54) is 17.0 Å². The first kappa shape index (κ1) is 23.6. The second kappa shape index (κ2) is 8.36. The highest BCUT2D eigenvalue weighted by molar-refractivity contribution is 9.10. The number of aromatic nitrogens is 5. The number of carbonyl (C=O) groups excluding carboxylic acids is 2. The summed E-state index contributed by atoms with van der Waals surface area (Å²) in [6.07, 6.45) is -2.17. The summed E-state index contributed by atoms with van der Waals surface area (Å²) in [6, 6.07) is 6.43. The highest BCUT2D eigenvalue weighted by atomic mass is 79.9. The average Bonchev–Trinajstić information content (AvgIpc) is 3.38. The molecule has 6 rings (SSSR count). The molecular formula is C23H18BrF3N8O2. The Hall–Kier alpha value is -3.81. The first-order valence-corrected chi connectivity index (χ1v) is 12.1. The number of hydrogen-bond acceptors (Lipinski definition) is 7. The molecule has 0 spiro atoms. The van der Waals surface area contributed by atoms with Crippen molar-refractivity contribution in [3.05, 3.63) is 47.0 Å². The Morgan fingerprint density at radius 2 is 1.95 bits per heavy atom. The van der Waals surface area contributed by atoms with Crippen LogP contribution in [0.25, 0.3) is 22.1 Å². The van der Waals surface area contributed by atoms with E-state index in [4.69, 9.17) is 5.73 Å². The SMILES string of the molecule is Nc1ncnc2c1c1nc(C(F)(F)F)ccc1n2CC(=O)N1[C@@H]2C[C@@H]2C[C@H]1C(=O)Nc1cccc(Br)n1. The molecule has 0 unspecified atom stereocenters. The van der Waals surface area contributed by atoms with Crippen LogP contribution in [0.4, 0.5) is 24.8 Å². The zero-order valence-electron chi connectivity index (χ0n) is 18.9. The number of nitrogen functional groups attached to an aromatic ring is 1. The van der Waals surface area contributed by atoms with Crippen LogP contribution in [0.5, 0.6) is 0 Å². The molecule has 190 valence electrons. The smallest absolute Gasteiger partial charge is 0.383 e. The number of nitrogens with zero attached hydrogens (tertiary/aromatic N) is 6. The molecule has 10 nitrogen and oxygen atoms in total. The van der Waals surface area contributed by atoms with Gasteiger partial charge in [-0.1, -0.05) is 6.07 Å². The quantitative estimate of drug-likeness (QED) is 0.357. The van der Waals surface area contributed by atoms with Crippen molar-refractivity contribution in [1.82, 2.24) is 29.4 Å². The fourth-order valence-electron chi connectivity index (χ4n) is 5.06. The predicted octanol–water partition coefficient (Wildman–Crippen LogP) is 3.37. The number of nitrogens with two attached hydrogens (primary N) is 1. The van der Waals surface area contributed by atoms with E-state index in [-0.39, 0.29) is 58.2 Å². The van der Waals surface area contributed by atoms with Gasteiger partial charge in [-0.2, -0.15) is 13.2 Å². The van der Waals surface area contributed by atoms with Crippen molar-refractivity contribution in [1.29, 1.82) is 0 Å². The van der Waals surface area contributed by atoms with Gasteiger partial charge in [-0.3, -0.25) is 9.59 Å². The van der Waals surface area contributed by atoms with Crippen molar-refractivity contribution < 1.29 is 22.8 Å². The molecule has 0 aromatic carbocycles. The van der Waals surface area contributed by atoms with Gasteiger partial charge in [-0.25, -0.2) is 19.9 Å². The molecular weight excluding hydrogens is 557 g/mol. The average molecular weight is 575 g/mol. The number of rotatable bonds is 4. The number of amides is 2. The number of halogens is 4. The van der Waals surface area contributed by atoms with Crippen LogP contribution in [0.1, 0.15) is 18.5 Å². The van der Waals surface area contributed by atoms with Crippen LogP contribution >= 0.6 is 15.9 Å². The van der Waals surface area contributed by atoms with E-state index in [1.807, 2.05) is 0 Å². The molecule has 4 aromatic rings. The number of piperidine rings is 1. The van der Waals surface area contributed by atoms with Crippen molar-refractivity contribution in [3.63, 3.8) is 0 Å². The second-order valence-electron chi connectivity index (χ2n) is 9.06. The number of carbonyl (C=O) groups is 2. The van der Waals surface area contributed by atoms with Crippen molar-refractivity contribution in [2.75, 3.05) is 11.1 Å². The Balaban J connectivity index is 1.34. The maximum absolute atomic E-state index is 13.6. The number of anilines is 2. The van der Waals surface area contributed by atoms with Gasteiger partial charge in [0, 0.05) is 6.04 Å². The van der Waals surface area contributed by atoms with Crippen molar-refractivity contribution in [2.24, 2.45) is 5.92 Å². The highest BCUT2D eigenvalue weighted by Gasteiger charge is 2.56. The third-order valence-corrected chi connectivity index (χ3v) is 7.20. The zero-order valence-corrected chi connectivity index (χ0v) is 20.5. The molecule has 1 aliphatic carbocycles. The van der Waals surface area contributed by atoms with Gasteiger partial charge in [0.25, 0.3) is 0 Å². The van der Waals surface area contributed by atoms with Gasteiger partial charge < -0.3 is 20.5 Å². The van der Waals surface area contributed by atoms with Crippen molar-refractivity contribution in [2.45, 2.75) is 37.6 Å². The van der Waals surface area contributed by atoms with Gasteiger partial charge in [0.05, 0.1) is 10.9 Å². The molecule has 1 saturated carbocycles. The molecule has 1 aliphatic heterocycles. The number of fused-ring (bicyclic) bond motifs is 4. The fraction of sp³-hybridized carbons (Fsp3) is 0.304. The first-order valence-electron chi connectivity index (χ1n) is 11.3. The maximum Gasteiger partial charge on any atom is 0.433 e. The van der Waals surface area contributed by atoms with E-state index in [0.29, 0.717) is 16.8 Å². The second-order valence-corrected chi connectivity index (χ2v) is 9.87. The molecule has 0 bridgehead atoms. The van der Waals surface area contributed by atoms with E-state index in [0.717, 1.165) is 12.5 Å². The Labute approximate surface area is 215 Å². The Bertz CT molecular complexity index is 1590. The molecule has 3 atom stereocenters. The van der Waals surface area contributed by atoms with Crippen LogP contribution in [-0.2, 0) is 22.3 Å². The number of hydrogen-bond donors (Lipinski definition) is 2. The van der Waals surface area contributed by atoms with Crippen LogP contribution in [0.3, 0.4) is 0 Å². The Morgan fingerprint density at radius 1 is 1.14 bits per heavy atom. The van der Waals surface area contributed by atoms with Crippen LogP contribution in [0, 0.1) is 5.92 Å². The summed E-state index contributed by atoms with van der Waals surface area (Å²) in [5.74, 6) is -0.175. The minimum Gasteiger partial charge on any atom is -0.383 e. The van der Waals surface area contributed by atoms with Crippen molar-refractivity contribution in [3.8, 4) is 0 Å². The van der Waals surface area contributed by atoms with Crippen LogP contribution in [-0.4, -0.2) is 53.3 Å². The summed E-state index contributed by atoms with van der Waals surface area (Å²) in [7, 11) is 0. The monoisotopic (exact) mass is 574 g/mol. The lowest BCUT2D eigenvalue weighted by Gasteiger charge is -2.27. The minimum atomic E-state index is -4.66. The van der Waals surface area contributed by atoms with Crippen LogP contribution in [0.2, 0.25) is 0 Å². The lowest BCUT2D eigenvalue weighted by Crippen LogP contribution is -2.46. The van der Waals surface area contributed by atoms with Gasteiger partial charge in [0.2, 0.25) is 11.8 Å². The van der Waals surface area contributed by atoms with E-state index in [9.17, 15) is 22.8 Å². The summed E-state index contributed by atoms with van der Waals surface area (Å²) < 4.78 is 42.1. The number of nitrogens with one attached hydrogen (secondary N) is 1. The Morgan fingerprint density at radius 3 is 2.70 bits per heavy atom. The van der Waals surface area contributed by atoms with Gasteiger partial charge in [-0.05, 0) is 59.0 Å². The molecule has 4 aromatic heterocycles. The lowest BCUT2D eigenvalue weighted by atomic mass is 10.1. The topological polar surface area (TPSA) is 132 Å². The number of pyridine rings is 2. The van der Waals surface area contributed by atoms with Gasteiger partial charge >= 0.3 is 6.18 Å². The van der Waals surface area contributed by atoms with E-state index in [1.54, 1.807) is 23.1 Å². The lowest BCUT2D eigenvalue weighted by molar-refractivity contribution is -0.141. The van der Waals surface area contributed by atoms with E-state index in [2.05, 4.69) is 41.2 Å². The van der Waals surface area contributed by atoms with E-state index >= 15 is 0 Å². The predicted molar refractivity (Wildman–Crippen MR) is 130 cm³/mol. The van der Waals surface area contributed by atoms with Gasteiger partial charge in [0.1, 0.15) is 52.0 Å². The van der Waals surface area contributed by atoms with Crippen LogP contribution in [0.15, 0.2) is 41.3 Å². The molecule has 0 radical (unpaired) electrons. The summed E-state index contributed by atoms with van der Waals surface area (Å²) in [4.78, 5) is 44.3. The summed E-state index contributed by atoms with van der Waals surface area (Å²) in [6.45, 7) is -0.258. The molecule has 2 aliphatic rings. The highest BCUT2D eigenvalue weighted by Crippen LogP contribution is 2.48. The zero-order chi connectivity index (χ0) is 26.1. The normalized spacial score (nSPS) is 20.9. The fourth-order valence-corrected chi connectivity index (χ4v) is 5.40. The van der Waals surface area contributed by atoms with Crippen molar-refractivity contribution >= 4 is 61.4 Å². The third-order valence-electron chi connectivity index (χ3n) is 6.76. The third kappa shape index (κ3) is 4.04. The first-order chi connectivity index (χ1) is 17.6. The molecule has 14 heteroatoms. The van der Waals surface area contributed by atoms with Crippen LogP contribution < -0.4 is 11.1 Å². The summed E-state index contributed by atoms with van der Waals surface area (Å²) in [5, 5.41) is 2.90. The van der Waals surface area contributed by atoms with E-state index < -0.39 is 17.9 Å². The molecule has 5 heterocycles. The standard InChI is InChI=1S/C23H18BrF3N8O2/c24-15-2-1-3-16(32-15)33-22(37)13-7-10-6-12(10)35(13)17(36)8-34-11-4-5-14(23(25,26)27)31-19(11)18-20(28)29-9-30-21(18)34/h1-5,9-10,12-13H,6-8H2,(H2,28,29,30)(H,32,33,37)/t10-,12-,13+/m1/s1. The van der Waals surface area contributed by atoms with Gasteiger partial charge in [-0.15, -0.1) is 0 Å². The molecule has 1 saturated heterocycles. The van der Waals surface area contributed by atoms with Gasteiger partial charge in [0.15, 0.2) is 0 Å². The largest absolute Gasteiger partial charge is 0.433 e. The Kier molecular flexibility index (Phi) is 5.33.